The lowest BCUT2D eigenvalue weighted by Gasteiger charge is -2.18. The van der Waals surface area contributed by atoms with Crippen LogP contribution in [0.15, 0.2) is 35.3 Å². The molecule has 3 aromatic rings. The molecule has 1 atom stereocenters. The van der Waals surface area contributed by atoms with Gasteiger partial charge in [-0.25, -0.2) is 14.4 Å². The molecule has 1 aliphatic rings. The number of fused-ring (bicyclic) bond motifs is 1. The summed E-state index contributed by atoms with van der Waals surface area (Å²) < 4.78 is 14.9. The molecule has 3 N–H and O–H groups in total. The zero-order valence-electron chi connectivity index (χ0n) is 16.8. The Kier molecular flexibility index (Phi) is 5.45. The third-order valence-corrected chi connectivity index (χ3v) is 5.32. The number of carbonyl (C=O) groups excluding carboxylic acids is 1. The van der Waals surface area contributed by atoms with Crippen molar-refractivity contribution in [2.45, 2.75) is 25.9 Å². The number of hydrogen-bond donors (Lipinski definition) is 3. The number of nitrogens with zero attached hydrogens (tertiary/aromatic N) is 3. The highest BCUT2D eigenvalue weighted by Crippen LogP contribution is 2.22. The number of hydrogen-bond acceptors (Lipinski definition) is 6. The molecule has 4 rings (SSSR count). The van der Waals surface area contributed by atoms with Gasteiger partial charge in [-0.2, -0.15) is 0 Å². The van der Waals surface area contributed by atoms with Crippen LogP contribution in [0.4, 0.5) is 10.1 Å². The van der Waals surface area contributed by atoms with Crippen LogP contribution >= 0.6 is 0 Å². The van der Waals surface area contributed by atoms with E-state index in [4.69, 9.17) is 0 Å². The molecule has 1 saturated heterocycles. The first-order valence-electron chi connectivity index (χ1n) is 9.79. The van der Waals surface area contributed by atoms with E-state index in [-0.39, 0.29) is 23.0 Å². The Morgan fingerprint density at radius 1 is 1.33 bits per heavy atom. The van der Waals surface area contributed by atoms with Gasteiger partial charge >= 0.3 is 0 Å². The lowest BCUT2D eigenvalue weighted by Crippen LogP contribution is -2.26. The maximum Gasteiger partial charge on any atom is 0.269 e. The van der Waals surface area contributed by atoms with Gasteiger partial charge in [-0.1, -0.05) is 6.07 Å². The maximum atomic E-state index is 14.9. The summed E-state index contributed by atoms with van der Waals surface area (Å²) in [5.41, 5.74) is 2.28. The Balaban J connectivity index is 1.41. The van der Waals surface area contributed by atoms with Crippen LogP contribution in [-0.2, 0) is 6.54 Å². The van der Waals surface area contributed by atoms with Crippen molar-refractivity contribution in [3.8, 4) is 0 Å². The molecule has 0 bridgehead atoms. The van der Waals surface area contributed by atoms with Crippen LogP contribution in [0.1, 0.15) is 28.2 Å². The van der Waals surface area contributed by atoms with Crippen molar-refractivity contribution in [3.05, 3.63) is 63.6 Å². The van der Waals surface area contributed by atoms with Gasteiger partial charge in [0.1, 0.15) is 16.9 Å². The molecule has 0 aliphatic carbocycles. The number of rotatable bonds is 5. The highest BCUT2D eigenvalue weighted by atomic mass is 19.1. The summed E-state index contributed by atoms with van der Waals surface area (Å²) in [6.07, 6.45) is 2.55. The van der Waals surface area contributed by atoms with Crippen LogP contribution in [0.5, 0.6) is 0 Å². The highest BCUT2D eigenvalue weighted by Gasteiger charge is 2.24. The molecule has 0 radical (unpaired) electrons. The number of nitrogens with one attached hydrogen (secondary N) is 3. The average molecular weight is 410 g/mol. The number of carbonyl (C=O) groups is 1. The fraction of sp³-hybridized carbons (Fsp3) is 0.333. The number of aryl methyl sites for hydroxylation is 1. The molecule has 2 aromatic heterocycles. The minimum atomic E-state index is -0.428. The molecule has 8 nitrogen and oxygen atoms in total. The summed E-state index contributed by atoms with van der Waals surface area (Å²) >= 11 is 0. The SMILES string of the molecule is CNC(=O)c1ccc(N[C@@H]2CCN(Cc3ccc4nc(C)c(=O)[nH]c4c3F)C2)cn1. The number of likely N-dealkylation sites (tertiary alicyclic amines) is 1. The molecule has 0 saturated carbocycles. The number of aromatic nitrogens is 3. The summed E-state index contributed by atoms with van der Waals surface area (Å²) in [4.78, 5) is 36.4. The van der Waals surface area contributed by atoms with E-state index >= 15 is 0 Å². The lowest BCUT2D eigenvalue weighted by atomic mass is 10.1. The number of anilines is 1. The standard InChI is InChI=1S/C21H23FN6O2/c1-12-20(29)27-19-16(25-12)5-3-13(18(19)22)10-28-8-7-15(11-28)26-14-4-6-17(24-9-14)21(30)23-2/h3-6,9,15,26H,7-8,10-11H2,1-2H3,(H,23,30)(H,27,29)/t15-/m1/s1. The summed E-state index contributed by atoms with van der Waals surface area (Å²) in [6, 6.07) is 7.17. The molecule has 9 heteroatoms. The van der Waals surface area contributed by atoms with E-state index in [0.29, 0.717) is 29.0 Å². The molecule has 156 valence electrons. The molecule has 1 amide bonds. The Bertz CT molecular complexity index is 1140. The van der Waals surface area contributed by atoms with Crippen LogP contribution in [-0.4, -0.2) is 51.9 Å². The fourth-order valence-electron chi connectivity index (χ4n) is 3.69. The number of halogens is 1. The monoisotopic (exact) mass is 410 g/mol. The van der Waals surface area contributed by atoms with E-state index < -0.39 is 5.82 Å². The van der Waals surface area contributed by atoms with E-state index in [1.54, 1.807) is 38.4 Å². The Labute approximate surface area is 172 Å². The number of H-pyrrole nitrogens is 1. The van der Waals surface area contributed by atoms with Crippen LogP contribution in [0, 0.1) is 12.7 Å². The van der Waals surface area contributed by atoms with Crippen LogP contribution < -0.4 is 16.2 Å². The first-order chi connectivity index (χ1) is 14.4. The summed E-state index contributed by atoms with van der Waals surface area (Å²) in [6.45, 7) is 3.62. The molecule has 0 spiro atoms. The molecule has 3 heterocycles. The van der Waals surface area contributed by atoms with Gasteiger partial charge in [0.25, 0.3) is 11.5 Å². The highest BCUT2D eigenvalue weighted by molar-refractivity contribution is 5.92. The van der Waals surface area contributed by atoms with Gasteiger partial charge in [0, 0.05) is 38.3 Å². The number of amides is 1. The molecule has 30 heavy (non-hydrogen) atoms. The van der Waals surface area contributed by atoms with Crippen molar-refractivity contribution in [1.82, 2.24) is 25.2 Å². The Morgan fingerprint density at radius 3 is 2.90 bits per heavy atom. The van der Waals surface area contributed by atoms with Gasteiger partial charge in [0.05, 0.1) is 17.4 Å². The van der Waals surface area contributed by atoms with Gasteiger partial charge in [0.15, 0.2) is 5.82 Å². The second-order valence-electron chi connectivity index (χ2n) is 7.46. The lowest BCUT2D eigenvalue weighted by molar-refractivity contribution is 0.0958. The average Bonchev–Trinajstić information content (AvgIpc) is 3.18. The largest absolute Gasteiger partial charge is 0.380 e. The second-order valence-corrected chi connectivity index (χ2v) is 7.46. The predicted molar refractivity (Wildman–Crippen MR) is 112 cm³/mol. The third-order valence-electron chi connectivity index (χ3n) is 5.32. The fourth-order valence-corrected chi connectivity index (χ4v) is 3.69. The van der Waals surface area contributed by atoms with E-state index in [9.17, 15) is 14.0 Å². The number of aromatic amines is 1. The first-order valence-corrected chi connectivity index (χ1v) is 9.79. The summed E-state index contributed by atoms with van der Waals surface area (Å²) in [5.74, 6) is -0.653. The molecular weight excluding hydrogens is 387 g/mol. The Hall–Kier alpha value is -3.33. The van der Waals surface area contributed by atoms with Gasteiger partial charge in [-0.05, 0) is 31.5 Å². The first kappa shape index (κ1) is 20.0. The molecule has 1 aromatic carbocycles. The van der Waals surface area contributed by atoms with Crippen molar-refractivity contribution in [1.29, 1.82) is 0 Å². The van der Waals surface area contributed by atoms with E-state index in [0.717, 1.165) is 25.2 Å². The van der Waals surface area contributed by atoms with Crippen molar-refractivity contribution >= 4 is 22.6 Å². The summed E-state index contributed by atoms with van der Waals surface area (Å²) in [7, 11) is 1.57. The van der Waals surface area contributed by atoms with E-state index in [1.165, 1.54) is 0 Å². The minimum Gasteiger partial charge on any atom is -0.380 e. The zero-order valence-corrected chi connectivity index (χ0v) is 16.8. The van der Waals surface area contributed by atoms with E-state index in [2.05, 4.69) is 30.5 Å². The predicted octanol–water partition coefficient (Wildman–Crippen LogP) is 1.81. The van der Waals surface area contributed by atoms with Gasteiger partial charge in [-0.15, -0.1) is 0 Å². The topological polar surface area (TPSA) is 103 Å². The van der Waals surface area contributed by atoms with Crippen LogP contribution in [0.3, 0.4) is 0 Å². The van der Waals surface area contributed by atoms with Crippen molar-refractivity contribution < 1.29 is 9.18 Å². The van der Waals surface area contributed by atoms with Crippen molar-refractivity contribution in [3.63, 3.8) is 0 Å². The molecule has 0 unspecified atom stereocenters. The zero-order chi connectivity index (χ0) is 21.3. The molecule has 1 fully saturated rings. The molecule has 1 aliphatic heterocycles. The van der Waals surface area contributed by atoms with Crippen molar-refractivity contribution in [2.24, 2.45) is 0 Å². The van der Waals surface area contributed by atoms with Crippen LogP contribution in [0.25, 0.3) is 11.0 Å². The molecular formula is C21H23FN6O2. The number of benzene rings is 1. The summed E-state index contributed by atoms with van der Waals surface area (Å²) in [5, 5.41) is 5.95. The van der Waals surface area contributed by atoms with Crippen LogP contribution in [0.2, 0.25) is 0 Å². The maximum absolute atomic E-state index is 14.9. The third kappa shape index (κ3) is 4.02. The van der Waals surface area contributed by atoms with Gasteiger partial charge in [-0.3, -0.25) is 14.5 Å². The second kappa shape index (κ2) is 8.19. The van der Waals surface area contributed by atoms with E-state index in [1.807, 2.05) is 6.07 Å². The quantitative estimate of drug-likeness (QED) is 0.593. The van der Waals surface area contributed by atoms with Crippen molar-refractivity contribution in [2.75, 3.05) is 25.5 Å². The van der Waals surface area contributed by atoms with Gasteiger partial charge < -0.3 is 15.6 Å². The van der Waals surface area contributed by atoms with Gasteiger partial charge in [0.2, 0.25) is 0 Å². The minimum absolute atomic E-state index is 0.152. The smallest absolute Gasteiger partial charge is 0.269 e. The Morgan fingerprint density at radius 2 is 2.17 bits per heavy atom. The normalized spacial score (nSPS) is 16.7. The number of pyridine rings is 1.